The first-order chi connectivity index (χ1) is 21.3. The van der Waals surface area contributed by atoms with Crippen LogP contribution in [0.25, 0.3) is 0 Å². The smallest absolute Gasteiger partial charge is 0.255 e. The van der Waals surface area contributed by atoms with Crippen molar-refractivity contribution in [3.8, 4) is 17.2 Å². The molecule has 44 heavy (non-hydrogen) atoms. The predicted octanol–water partition coefficient (Wildman–Crippen LogP) is 8.11. The number of hydrogen-bond donors (Lipinski definition) is 2. The Morgan fingerprint density at radius 2 is 1.77 bits per heavy atom. The van der Waals surface area contributed by atoms with E-state index in [-0.39, 0.29) is 5.91 Å². The monoisotopic (exact) mass is 697 g/mol. The Bertz CT molecular complexity index is 1680. The van der Waals surface area contributed by atoms with Crippen LogP contribution in [0.5, 0.6) is 17.2 Å². The summed E-state index contributed by atoms with van der Waals surface area (Å²) in [4.78, 5) is 18.8. The molecule has 2 N–H and O–H groups in total. The molecule has 1 aromatic heterocycles. The first kappa shape index (κ1) is 31.7. The zero-order valence-corrected chi connectivity index (χ0v) is 28.0. The molecule has 0 aliphatic carbocycles. The Morgan fingerprint density at radius 1 is 1.05 bits per heavy atom. The van der Waals surface area contributed by atoms with Crippen LogP contribution in [0, 0.1) is 0 Å². The zero-order valence-electron chi connectivity index (χ0n) is 24.8. The average Bonchev–Trinajstić information content (AvgIpc) is 3.40. The molecule has 3 aromatic carbocycles. The molecule has 4 aromatic rings. The van der Waals surface area contributed by atoms with E-state index >= 15 is 0 Å². The summed E-state index contributed by atoms with van der Waals surface area (Å²) in [5.41, 5.74) is 3.44. The fourth-order valence-corrected chi connectivity index (χ4v) is 6.10. The first-order valence-electron chi connectivity index (χ1n) is 14.3. The molecule has 0 bridgehead atoms. The van der Waals surface area contributed by atoms with Crippen molar-refractivity contribution in [3.63, 3.8) is 0 Å². The van der Waals surface area contributed by atoms with Crippen molar-refractivity contribution < 1.29 is 19.0 Å². The van der Waals surface area contributed by atoms with Gasteiger partial charge in [0.05, 0.1) is 28.9 Å². The summed E-state index contributed by atoms with van der Waals surface area (Å²) in [6.45, 7) is 8.93. The minimum atomic E-state index is -0.620. The molecule has 0 saturated heterocycles. The number of fused-ring (bicyclic) bond motifs is 1. The van der Waals surface area contributed by atoms with Crippen LogP contribution in [-0.2, 0) is 11.4 Å². The number of halogens is 2. The quantitative estimate of drug-likeness (QED) is 0.143. The second kappa shape index (κ2) is 14.4. The maximum absolute atomic E-state index is 14.1. The fourth-order valence-electron chi connectivity index (χ4n) is 4.85. The molecule has 0 fully saturated rings. The molecule has 5 rings (SSSR count). The normalized spacial score (nSPS) is 14.1. The van der Waals surface area contributed by atoms with Crippen LogP contribution >= 0.6 is 39.3 Å². The number of allylic oxidation sites excluding steroid dienone is 1. The Balaban J connectivity index is 1.56. The van der Waals surface area contributed by atoms with Gasteiger partial charge in [0.1, 0.15) is 18.4 Å². The molecule has 9 nitrogen and oxygen atoms in total. The van der Waals surface area contributed by atoms with E-state index in [4.69, 9.17) is 35.9 Å². The van der Waals surface area contributed by atoms with Gasteiger partial charge in [0.25, 0.3) is 5.91 Å². The molecule has 0 saturated carbocycles. The van der Waals surface area contributed by atoms with E-state index in [1.807, 2.05) is 88.4 Å². The second-order valence-electron chi connectivity index (χ2n) is 9.72. The maximum Gasteiger partial charge on any atom is 0.255 e. The van der Waals surface area contributed by atoms with Crippen LogP contribution < -0.4 is 24.8 Å². The van der Waals surface area contributed by atoms with Crippen molar-refractivity contribution in [2.45, 2.75) is 45.5 Å². The van der Waals surface area contributed by atoms with Crippen molar-refractivity contribution in [1.29, 1.82) is 0 Å². The number of aromatic nitrogens is 3. The fraction of sp³-hybridized carbons (Fsp3) is 0.281. The number of benzene rings is 3. The lowest BCUT2D eigenvalue weighted by molar-refractivity contribution is -0.113. The van der Waals surface area contributed by atoms with Gasteiger partial charge in [0.2, 0.25) is 11.1 Å². The number of thioether (sulfide) groups is 1. The minimum Gasteiger partial charge on any atom is -0.492 e. The van der Waals surface area contributed by atoms with E-state index < -0.39 is 6.04 Å². The highest BCUT2D eigenvalue weighted by atomic mass is 79.9. The first-order valence-corrected chi connectivity index (χ1v) is 16.4. The molecule has 1 unspecified atom stereocenters. The van der Waals surface area contributed by atoms with Gasteiger partial charge in [-0.1, -0.05) is 54.6 Å². The van der Waals surface area contributed by atoms with Gasteiger partial charge >= 0.3 is 0 Å². The van der Waals surface area contributed by atoms with E-state index in [1.165, 1.54) is 11.8 Å². The predicted molar refractivity (Wildman–Crippen MR) is 178 cm³/mol. The van der Waals surface area contributed by atoms with Crippen LogP contribution in [0.2, 0.25) is 5.02 Å². The highest BCUT2D eigenvalue weighted by Crippen LogP contribution is 2.44. The van der Waals surface area contributed by atoms with E-state index in [9.17, 15) is 4.79 Å². The van der Waals surface area contributed by atoms with Crippen molar-refractivity contribution in [1.82, 2.24) is 14.8 Å². The Labute approximate surface area is 274 Å². The van der Waals surface area contributed by atoms with E-state index in [0.717, 1.165) is 16.9 Å². The number of carbonyl (C=O) groups excluding carboxylic acids is 1. The van der Waals surface area contributed by atoms with Crippen molar-refractivity contribution in [2.24, 2.45) is 0 Å². The molecule has 1 aliphatic rings. The van der Waals surface area contributed by atoms with Crippen LogP contribution in [0.15, 0.2) is 81.6 Å². The number of para-hydroxylation sites is 2. The van der Waals surface area contributed by atoms with Crippen LogP contribution in [-0.4, -0.2) is 39.6 Å². The van der Waals surface area contributed by atoms with Crippen molar-refractivity contribution in [3.05, 3.63) is 92.6 Å². The average molecular weight is 699 g/mol. The number of ether oxygens (including phenoxy) is 3. The SMILES string of the molecule is CCOc1ccccc1NC(=O)C1=C(C)Nc2nc(SCC)nn2C1c1cc(Br)c(OCc2ccc(Cl)cc2)c(OCC)c1. The standard InChI is InChI=1S/C32H33BrClN5O4S/c1-5-41-25-11-9-8-10-24(25)36-30(40)27-19(4)35-31-37-32(44-7-3)38-39(31)28(27)21-16-23(33)29(26(17-21)42-6-2)43-18-20-12-14-22(34)15-13-20/h8-17,28H,5-7,18H2,1-4H3,(H,36,40)(H,35,37,38). The van der Waals surface area contributed by atoms with Gasteiger partial charge in [-0.15, -0.1) is 5.10 Å². The molecule has 12 heteroatoms. The third-order valence-corrected chi connectivity index (χ3v) is 8.29. The summed E-state index contributed by atoms with van der Waals surface area (Å²) in [6.07, 6.45) is 0. The number of amides is 1. The number of nitrogens with one attached hydrogen (secondary N) is 2. The third kappa shape index (κ3) is 7.00. The third-order valence-electron chi connectivity index (χ3n) is 6.73. The van der Waals surface area contributed by atoms with Gasteiger partial charge in [0, 0.05) is 10.7 Å². The molecule has 2 heterocycles. The minimum absolute atomic E-state index is 0.296. The number of hydrogen-bond acceptors (Lipinski definition) is 8. The maximum atomic E-state index is 14.1. The van der Waals surface area contributed by atoms with E-state index in [1.54, 1.807) is 4.68 Å². The van der Waals surface area contributed by atoms with Gasteiger partial charge in [-0.2, -0.15) is 4.98 Å². The van der Waals surface area contributed by atoms with Crippen molar-refractivity contribution >= 4 is 56.8 Å². The lowest BCUT2D eigenvalue weighted by atomic mass is 9.94. The van der Waals surface area contributed by atoms with E-state index in [0.29, 0.717) is 74.6 Å². The number of carbonyl (C=O) groups is 1. The second-order valence-corrected chi connectivity index (χ2v) is 12.2. The van der Waals surface area contributed by atoms with Gasteiger partial charge < -0.3 is 24.8 Å². The molecule has 0 radical (unpaired) electrons. The lowest BCUT2D eigenvalue weighted by Gasteiger charge is -2.29. The van der Waals surface area contributed by atoms with Gasteiger partial charge in [-0.3, -0.25) is 4.79 Å². The largest absolute Gasteiger partial charge is 0.492 e. The van der Waals surface area contributed by atoms with Crippen LogP contribution in [0.4, 0.5) is 11.6 Å². The highest BCUT2D eigenvalue weighted by molar-refractivity contribution is 9.10. The zero-order chi connectivity index (χ0) is 31.2. The highest BCUT2D eigenvalue weighted by Gasteiger charge is 2.35. The number of anilines is 2. The topological polar surface area (TPSA) is 99.5 Å². The van der Waals surface area contributed by atoms with E-state index in [2.05, 4.69) is 26.6 Å². The summed E-state index contributed by atoms with van der Waals surface area (Å²) < 4.78 is 20.5. The molecular weight excluding hydrogens is 666 g/mol. The van der Waals surface area contributed by atoms with Crippen LogP contribution in [0.3, 0.4) is 0 Å². The molecule has 1 amide bonds. The molecule has 1 aliphatic heterocycles. The lowest BCUT2D eigenvalue weighted by Crippen LogP contribution is -2.31. The number of rotatable bonds is 12. The summed E-state index contributed by atoms with van der Waals surface area (Å²) in [5, 5.41) is 12.4. The van der Waals surface area contributed by atoms with Gasteiger partial charge in [-0.25, -0.2) is 4.68 Å². The van der Waals surface area contributed by atoms with Gasteiger partial charge in [0.15, 0.2) is 11.5 Å². The summed E-state index contributed by atoms with van der Waals surface area (Å²) in [6, 6.07) is 18.1. The summed E-state index contributed by atoms with van der Waals surface area (Å²) >= 11 is 11.3. The Morgan fingerprint density at radius 3 is 2.50 bits per heavy atom. The van der Waals surface area contributed by atoms with Crippen LogP contribution in [0.1, 0.15) is 44.9 Å². The molecule has 1 atom stereocenters. The van der Waals surface area contributed by atoms with Gasteiger partial charge in [-0.05, 0) is 90.0 Å². The number of nitrogens with zero attached hydrogens (tertiary/aromatic N) is 3. The van der Waals surface area contributed by atoms with Crippen molar-refractivity contribution in [2.75, 3.05) is 29.6 Å². The molecular formula is C32H33BrClN5O4S. The molecule has 230 valence electrons. The summed E-state index contributed by atoms with van der Waals surface area (Å²) in [5.74, 6) is 2.74. The Kier molecular flexibility index (Phi) is 10.4. The Hall–Kier alpha value is -3.67. The summed E-state index contributed by atoms with van der Waals surface area (Å²) in [7, 11) is 0. The molecule has 0 spiro atoms.